The molecular weight excluding hydrogens is 408 g/mol. The number of benzene rings is 2. The molecule has 29 heavy (non-hydrogen) atoms. The fourth-order valence-corrected chi connectivity index (χ4v) is 4.01. The Bertz CT molecular complexity index is 834. The molecule has 1 aliphatic rings. The highest BCUT2D eigenvalue weighted by Gasteiger charge is 2.31. The van der Waals surface area contributed by atoms with Crippen molar-refractivity contribution in [2.45, 2.75) is 18.6 Å². The smallest absolute Gasteiger partial charge is 0.253 e. The number of ether oxygens (including phenoxy) is 1. The van der Waals surface area contributed by atoms with Crippen molar-refractivity contribution in [2.24, 2.45) is 0 Å². The molecule has 5 nitrogen and oxygen atoms in total. The Labute approximate surface area is 180 Å². The molecule has 7 heteroatoms. The fourth-order valence-electron chi connectivity index (χ4n) is 3.31. The van der Waals surface area contributed by atoms with Crippen molar-refractivity contribution in [1.29, 1.82) is 0 Å². The molecule has 0 spiro atoms. The van der Waals surface area contributed by atoms with Crippen LogP contribution in [0, 0.1) is 0 Å². The molecule has 1 fully saturated rings. The van der Waals surface area contributed by atoms with Crippen molar-refractivity contribution in [2.75, 3.05) is 31.7 Å². The third-order valence-electron chi connectivity index (χ3n) is 4.88. The van der Waals surface area contributed by atoms with E-state index in [1.165, 1.54) is 0 Å². The molecule has 154 valence electrons. The number of hydrogen-bond acceptors (Lipinski definition) is 4. The molecule has 0 aromatic heterocycles. The number of nitrogens with zero attached hydrogens (tertiary/aromatic N) is 1. The molecular formula is C22H25ClN2O3S. The van der Waals surface area contributed by atoms with Crippen LogP contribution in [0.25, 0.3) is 0 Å². The van der Waals surface area contributed by atoms with Crippen LogP contribution in [0.1, 0.15) is 28.4 Å². The number of amides is 2. The number of morpholine rings is 1. The molecule has 1 heterocycles. The quantitative estimate of drug-likeness (QED) is 0.723. The molecule has 3 rings (SSSR count). The van der Waals surface area contributed by atoms with Crippen LogP contribution in [0.3, 0.4) is 0 Å². The minimum absolute atomic E-state index is 0.0799. The first-order chi connectivity index (χ1) is 14.1. The van der Waals surface area contributed by atoms with Crippen LogP contribution in [0.4, 0.5) is 0 Å². The van der Waals surface area contributed by atoms with Gasteiger partial charge in [0.2, 0.25) is 5.91 Å². The molecule has 0 radical (unpaired) electrons. The van der Waals surface area contributed by atoms with Gasteiger partial charge < -0.3 is 15.0 Å². The van der Waals surface area contributed by atoms with Gasteiger partial charge in [0.15, 0.2) is 0 Å². The average Bonchev–Trinajstić information content (AvgIpc) is 2.77. The van der Waals surface area contributed by atoms with E-state index in [2.05, 4.69) is 5.32 Å². The average molecular weight is 433 g/mol. The van der Waals surface area contributed by atoms with E-state index in [0.717, 1.165) is 11.3 Å². The fraction of sp³-hybridized carbons (Fsp3) is 0.364. The van der Waals surface area contributed by atoms with Crippen molar-refractivity contribution in [3.8, 4) is 0 Å². The number of nitrogens with one attached hydrogen (secondary N) is 1. The third kappa shape index (κ3) is 5.75. The SMILES string of the molecule is CSCC[C@@H](NC(=O)c1ccccc1Cl)C(=O)N1CCO[C@H](c2ccccc2)C1. The Balaban J connectivity index is 1.71. The van der Waals surface area contributed by atoms with Gasteiger partial charge in [-0.3, -0.25) is 9.59 Å². The van der Waals surface area contributed by atoms with Crippen LogP contribution in [-0.4, -0.2) is 54.5 Å². The summed E-state index contributed by atoms with van der Waals surface area (Å²) in [5, 5.41) is 3.26. The van der Waals surface area contributed by atoms with Gasteiger partial charge in [0.05, 0.1) is 23.7 Å². The molecule has 1 aliphatic heterocycles. The Kier molecular flexibility index (Phi) is 7.98. The predicted octanol–water partition coefficient (Wildman–Crippen LogP) is 3.79. The first-order valence-electron chi connectivity index (χ1n) is 9.60. The minimum atomic E-state index is -0.597. The zero-order chi connectivity index (χ0) is 20.6. The molecule has 0 aliphatic carbocycles. The van der Waals surface area contributed by atoms with Crippen LogP contribution in [0.5, 0.6) is 0 Å². The van der Waals surface area contributed by atoms with Crippen LogP contribution in [0.15, 0.2) is 54.6 Å². The second-order valence-electron chi connectivity index (χ2n) is 6.84. The molecule has 0 unspecified atom stereocenters. The maximum absolute atomic E-state index is 13.2. The number of carbonyl (C=O) groups excluding carboxylic acids is 2. The Morgan fingerprint density at radius 1 is 1.21 bits per heavy atom. The number of halogens is 1. The van der Waals surface area contributed by atoms with E-state index < -0.39 is 6.04 Å². The number of carbonyl (C=O) groups is 2. The number of rotatable bonds is 7. The summed E-state index contributed by atoms with van der Waals surface area (Å²) in [6, 6.07) is 16.1. The highest BCUT2D eigenvalue weighted by Crippen LogP contribution is 2.23. The summed E-state index contributed by atoms with van der Waals surface area (Å²) in [6.07, 6.45) is 2.38. The monoisotopic (exact) mass is 432 g/mol. The lowest BCUT2D eigenvalue weighted by Gasteiger charge is -2.35. The Hall–Kier alpha value is -2.02. The second kappa shape index (κ2) is 10.7. The van der Waals surface area contributed by atoms with E-state index in [9.17, 15) is 9.59 Å². The molecule has 0 bridgehead atoms. The van der Waals surface area contributed by atoms with Crippen molar-refractivity contribution in [1.82, 2.24) is 10.2 Å². The molecule has 2 aromatic rings. The van der Waals surface area contributed by atoms with E-state index in [4.69, 9.17) is 16.3 Å². The topological polar surface area (TPSA) is 58.6 Å². The summed E-state index contributed by atoms with van der Waals surface area (Å²) in [5.74, 6) is 0.359. The summed E-state index contributed by atoms with van der Waals surface area (Å²) in [4.78, 5) is 27.8. The van der Waals surface area contributed by atoms with Gasteiger partial charge in [0.1, 0.15) is 12.1 Å². The predicted molar refractivity (Wildman–Crippen MR) is 117 cm³/mol. The van der Waals surface area contributed by atoms with Crippen molar-refractivity contribution < 1.29 is 14.3 Å². The van der Waals surface area contributed by atoms with Gasteiger partial charge in [-0.1, -0.05) is 54.1 Å². The molecule has 1 saturated heterocycles. The van der Waals surface area contributed by atoms with Crippen molar-refractivity contribution in [3.63, 3.8) is 0 Å². The van der Waals surface area contributed by atoms with Gasteiger partial charge in [0.25, 0.3) is 5.91 Å². The lowest BCUT2D eigenvalue weighted by atomic mass is 10.1. The highest BCUT2D eigenvalue weighted by molar-refractivity contribution is 7.98. The number of thioether (sulfide) groups is 1. The van der Waals surface area contributed by atoms with Gasteiger partial charge in [-0.25, -0.2) is 0 Å². The summed E-state index contributed by atoms with van der Waals surface area (Å²) >= 11 is 7.79. The molecule has 2 aromatic carbocycles. The van der Waals surface area contributed by atoms with Gasteiger partial charge in [-0.15, -0.1) is 0 Å². The summed E-state index contributed by atoms with van der Waals surface area (Å²) in [5.41, 5.74) is 1.42. The van der Waals surface area contributed by atoms with E-state index in [1.54, 1.807) is 40.9 Å². The maximum atomic E-state index is 13.2. The zero-order valence-electron chi connectivity index (χ0n) is 16.3. The third-order valence-corrected chi connectivity index (χ3v) is 5.86. The lowest BCUT2D eigenvalue weighted by Crippen LogP contribution is -2.52. The van der Waals surface area contributed by atoms with Gasteiger partial charge in [0, 0.05) is 6.54 Å². The van der Waals surface area contributed by atoms with E-state index in [-0.39, 0.29) is 17.9 Å². The first kappa shape index (κ1) is 21.7. The standard InChI is InChI=1S/C22H25ClN2O3S/c1-29-14-11-19(24-21(26)17-9-5-6-10-18(17)23)22(27)25-12-13-28-20(15-25)16-7-3-2-4-8-16/h2-10,19-20H,11-15H2,1H3,(H,24,26)/t19-,20+/m1/s1. The normalized spacial score (nSPS) is 17.6. The summed E-state index contributed by atoms with van der Waals surface area (Å²) < 4.78 is 5.87. The zero-order valence-corrected chi connectivity index (χ0v) is 17.9. The molecule has 2 atom stereocenters. The van der Waals surface area contributed by atoms with Gasteiger partial charge in [-0.05, 0) is 36.1 Å². The molecule has 2 amide bonds. The highest BCUT2D eigenvalue weighted by atomic mass is 35.5. The van der Waals surface area contributed by atoms with Crippen LogP contribution in [-0.2, 0) is 9.53 Å². The van der Waals surface area contributed by atoms with Crippen LogP contribution < -0.4 is 5.32 Å². The van der Waals surface area contributed by atoms with Crippen molar-refractivity contribution in [3.05, 3.63) is 70.7 Å². The Morgan fingerprint density at radius 3 is 2.66 bits per heavy atom. The lowest BCUT2D eigenvalue weighted by molar-refractivity contribution is -0.141. The second-order valence-corrected chi connectivity index (χ2v) is 8.23. The summed E-state index contributed by atoms with van der Waals surface area (Å²) in [6.45, 7) is 1.46. The van der Waals surface area contributed by atoms with Crippen LogP contribution >= 0.6 is 23.4 Å². The first-order valence-corrected chi connectivity index (χ1v) is 11.4. The summed E-state index contributed by atoms with van der Waals surface area (Å²) in [7, 11) is 0. The maximum Gasteiger partial charge on any atom is 0.253 e. The molecule has 0 saturated carbocycles. The molecule has 1 N–H and O–H groups in total. The Morgan fingerprint density at radius 2 is 1.93 bits per heavy atom. The largest absolute Gasteiger partial charge is 0.370 e. The van der Waals surface area contributed by atoms with E-state index in [1.807, 2.05) is 36.6 Å². The minimum Gasteiger partial charge on any atom is -0.370 e. The van der Waals surface area contributed by atoms with Gasteiger partial charge >= 0.3 is 0 Å². The van der Waals surface area contributed by atoms with Crippen molar-refractivity contribution >= 4 is 35.2 Å². The van der Waals surface area contributed by atoms with Gasteiger partial charge in [-0.2, -0.15) is 11.8 Å². The van der Waals surface area contributed by atoms with Crippen LogP contribution in [0.2, 0.25) is 5.02 Å². The van der Waals surface area contributed by atoms with E-state index >= 15 is 0 Å². The number of hydrogen-bond donors (Lipinski definition) is 1. The van der Waals surface area contributed by atoms with E-state index in [0.29, 0.717) is 36.7 Å².